The Balaban J connectivity index is 2.16. The van der Waals surface area contributed by atoms with E-state index < -0.39 is 0 Å². The predicted octanol–water partition coefficient (Wildman–Crippen LogP) is 2.64. The third-order valence-corrected chi connectivity index (χ3v) is 4.41. The summed E-state index contributed by atoms with van der Waals surface area (Å²) in [4.78, 5) is 17.1. The SMILES string of the molecule is CCn1c(=NC(=O)c2nn(C)cc2C)sc2cc(F)ccc21. The Morgan fingerprint density at radius 1 is 1.45 bits per heavy atom. The van der Waals surface area contributed by atoms with Gasteiger partial charge in [-0.25, -0.2) is 4.39 Å². The molecule has 0 radical (unpaired) electrons. The first-order valence-electron chi connectivity index (χ1n) is 6.87. The number of fused-ring (bicyclic) bond motifs is 1. The summed E-state index contributed by atoms with van der Waals surface area (Å²) in [5, 5.41) is 4.14. The van der Waals surface area contributed by atoms with Crippen molar-refractivity contribution in [1.82, 2.24) is 14.3 Å². The van der Waals surface area contributed by atoms with Crippen molar-refractivity contribution < 1.29 is 9.18 Å². The van der Waals surface area contributed by atoms with Gasteiger partial charge in [0.2, 0.25) is 0 Å². The largest absolute Gasteiger partial charge is 0.317 e. The van der Waals surface area contributed by atoms with Crippen LogP contribution in [0.15, 0.2) is 29.4 Å². The second kappa shape index (κ2) is 5.49. The second-order valence-corrected chi connectivity index (χ2v) is 6.00. The van der Waals surface area contributed by atoms with Crippen LogP contribution < -0.4 is 4.80 Å². The van der Waals surface area contributed by atoms with Crippen LogP contribution in [0.1, 0.15) is 23.0 Å². The number of thiazole rings is 1. The number of hydrogen-bond acceptors (Lipinski definition) is 3. The van der Waals surface area contributed by atoms with Crippen molar-refractivity contribution in [3.05, 3.63) is 46.3 Å². The fraction of sp³-hybridized carbons (Fsp3) is 0.267. The molecule has 0 fully saturated rings. The molecular weight excluding hydrogens is 303 g/mol. The van der Waals surface area contributed by atoms with E-state index in [2.05, 4.69) is 10.1 Å². The van der Waals surface area contributed by atoms with E-state index in [9.17, 15) is 9.18 Å². The van der Waals surface area contributed by atoms with Crippen LogP contribution in [0.5, 0.6) is 0 Å². The highest BCUT2D eigenvalue weighted by atomic mass is 32.1. The highest BCUT2D eigenvalue weighted by Gasteiger charge is 2.14. The van der Waals surface area contributed by atoms with Crippen LogP contribution in [0.25, 0.3) is 10.2 Å². The monoisotopic (exact) mass is 318 g/mol. The first-order valence-corrected chi connectivity index (χ1v) is 7.69. The van der Waals surface area contributed by atoms with Crippen LogP contribution in [-0.4, -0.2) is 20.3 Å². The van der Waals surface area contributed by atoms with E-state index in [1.807, 2.05) is 18.4 Å². The third-order valence-electron chi connectivity index (χ3n) is 3.37. The Hall–Kier alpha value is -2.28. The van der Waals surface area contributed by atoms with Crippen molar-refractivity contribution in [2.75, 3.05) is 0 Å². The summed E-state index contributed by atoms with van der Waals surface area (Å²) < 4.78 is 17.6. The molecule has 3 rings (SSSR count). The summed E-state index contributed by atoms with van der Waals surface area (Å²) in [6.45, 7) is 4.44. The van der Waals surface area contributed by atoms with Crippen LogP contribution in [0.4, 0.5) is 4.39 Å². The van der Waals surface area contributed by atoms with Gasteiger partial charge in [0, 0.05) is 25.4 Å². The van der Waals surface area contributed by atoms with E-state index in [1.165, 1.54) is 23.5 Å². The maximum Gasteiger partial charge on any atom is 0.300 e. The standard InChI is InChI=1S/C15H15FN4OS/c1-4-20-11-6-5-10(16)7-12(11)22-15(20)17-14(21)13-9(2)8-19(3)18-13/h5-8H,4H2,1-3H3. The molecule has 2 heterocycles. The number of hydrogen-bond donors (Lipinski definition) is 0. The average molecular weight is 318 g/mol. The number of aryl methyl sites for hydroxylation is 3. The topological polar surface area (TPSA) is 52.2 Å². The molecule has 0 aliphatic rings. The number of aromatic nitrogens is 3. The van der Waals surface area contributed by atoms with Gasteiger partial charge >= 0.3 is 0 Å². The van der Waals surface area contributed by atoms with E-state index in [-0.39, 0.29) is 11.7 Å². The molecule has 3 aromatic rings. The number of benzene rings is 1. The minimum Gasteiger partial charge on any atom is -0.317 e. The van der Waals surface area contributed by atoms with E-state index in [4.69, 9.17) is 0 Å². The van der Waals surface area contributed by atoms with Crippen molar-refractivity contribution in [3.63, 3.8) is 0 Å². The molecule has 0 saturated heterocycles. The molecule has 0 N–H and O–H groups in total. The Morgan fingerprint density at radius 2 is 2.23 bits per heavy atom. The van der Waals surface area contributed by atoms with Crippen molar-refractivity contribution in [3.8, 4) is 0 Å². The number of nitrogens with zero attached hydrogens (tertiary/aromatic N) is 4. The fourth-order valence-electron chi connectivity index (χ4n) is 2.40. The Bertz CT molecular complexity index is 935. The van der Waals surface area contributed by atoms with Gasteiger partial charge in [0.25, 0.3) is 5.91 Å². The summed E-state index contributed by atoms with van der Waals surface area (Å²) >= 11 is 1.30. The van der Waals surface area contributed by atoms with Gasteiger partial charge < -0.3 is 4.57 Å². The number of carbonyl (C=O) groups is 1. The maximum absolute atomic E-state index is 13.4. The quantitative estimate of drug-likeness (QED) is 0.729. The summed E-state index contributed by atoms with van der Waals surface area (Å²) in [7, 11) is 1.76. The fourth-order valence-corrected chi connectivity index (χ4v) is 3.51. The zero-order valence-corrected chi connectivity index (χ0v) is 13.3. The lowest BCUT2D eigenvalue weighted by Gasteiger charge is -1.99. The Kier molecular flexibility index (Phi) is 3.66. The Morgan fingerprint density at radius 3 is 2.86 bits per heavy atom. The van der Waals surface area contributed by atoms with Crippen molar-refractivity contribution >= 4 is 27.5 Å². The minimum absolute atomic E-state index is 0.296. The molecule has 1 amide bonds. The molecule has 22 heavy (non-hydrogen) atoms. The molecule has 2 aromatic heterocycles. The molecule has 0 atom stereocenters. The minimum atomic E-state index is -0.382. The van der Waals surface area contributed by atoms with E-state index in [0.717, 1.165) is 15.8 Å². The molecular formula is C15H15FN4OS. The highest BCUT2D eigenvalue weighted by molar-refractivity contribution is 7.16. The average Bonchev–Trinajstić information content (AvgIpc) is 2.97. The predicted molar refractivity (Wildman–Crippen MR) is 83.3 cm³/mol. The van der Waals surface area contributed by atoms with Gasteiger partial charge in [-0.05, 0) is 32.0 Å². The smallest absolute Gasteiger partial charge is 0.300 e. The van der Waals surface area contributed by atoms with Crippen LogP contribution in [0.3, 0.4) is 0 Å². The number of halogens is 1. The number of carbonyl (C=O) groups excluding carboxylic acids is 1. The third kappa shape index (κ3) is 2.48. The van der Waals surface area contributed by atoms with Crippen molar-refractivity contribution in [1.29, 1.82) is 0 Å². The van der Waals surface area contributed by atoms with E-state index in [0.29, 0.717) is 17.0 Å². The van der Waals surface area contributed by atoms with Crippen molar-refractivity contribution in [2.45, 2.75) is 20.4 Å². The summed E-state index contributed by atoms with van der Waals surface area (Å²) in [5.74, 6) is -0.678. The van der Waals surface area contributed by atoms with Crippen LogP contribution >= 0.6 is 11.3 Å². The van der Waals surface area contributed by atoms with Crippen molar-refractivity contribution in [2.24, 2.45) is 12.0 Å². The van der Waals surface area contributed by atoms with Gasteiger partial charge in [0.15, 0.2) is 10.5 Å². The zero-order chi connectivity index (χ0) is 15.9. The number of rotatable bonds is 2. The van der Waals surface area contributed by atoms with E-state index in [1.54, 1.807) is 24.0 Å². The molecule has 5 nitrogen and oxygen atoms in total. The second-order valence-electron chi connectivity index (χ2n) is 4.99. The van der Waals surface area contributed by atoms with Gasteiger partial charge in [-0.2, -0.15) is 10.1 Å². The highest BCUT2D eigenvalue weighted by Crippen LogP contribution is 2.18. The van der Waals surface area contributed by atoms with Gasteiger partial charge in [-0.15, -0.1) is 0 Å². The molecule has 0 spiro atoms. The molecule has 7 heteroatoms. The lowest BCUT2D eigenvalue weighted by Crippen LogP contribution is -2.16. The van der Waals surface area contributed by atoms with Gasteiger partial charge in [0.05, 0.1) is 10.2 Å². The molecule has 114 valence electrons. The molecule has 0 bridgehead atoms. The first kappa shape index (κ1) is 14.6. The normalized spacial score (nSPS) is 12.3. The summed E-state index contributed by atoms with van der Waals surface area (Å²) in [6, 6.07) is 4.58. The molecule has 0 aliphatic carbocycles. The lowest BCUT2D eigenvalue weighted by molar-refractivity contribution is 0.0992. The number of amides is 1. The van der Waals surface area contributed by atoms with Crippen LogP contribution in [0, 0.1) is 12.7 Å². The molecule has 0 saturated carbocycles. The maximum atomic E-state index is 13.4. The van der Waals surface area contributed by atoms with Gasteiger partial charge in [-0.1, -0.05) is 11.3 Å². The summed E-state index contributed by atoms with van der Waals surface area (Å²) in [5.41, 5.74) is 2.00. The van der Waals surface area contributed by atoms with Crippen LogP contribution in [-0.2, 0) is 13.6 Å². The molecule has 0 aliphatic heterocycles. The van der Waals surface area contributed by atoms with Crippen LogP contribution in [0.2, 0.25) is 0 Å². The van der Waals surface area contributed by atoms with E-state index >= 15 is 0 Å². The lowest BCUT2D eigenvalue weighted by atomic mass is 10.3. The zero-order valence-electron chi connectivity index (χ0n) is 12.5. The van der Waals surface area contributed by atoms with Gasteiger partial charge in [-0.3, -0.25) is 9.48 Å². The first-order chi connectivity index (χ1) is 10.5. The summed E-state index contributed by atoms with van der Waals surface area (Å²) in [6.07, 6.45) is 1.77. The molecule has 0 unspecified atom stereocenters. The Labute approximate surface area is 130 Å². The van der Waals surface area contributed by atoms with Gasteiger partial charge in [0.1, 0.15) is 5.82 Å². The molecule has 1 aromatic carbocycles.